The number of anilines is 1. The Hall–Kier alpha value is -2.29. The monoisotopic (exact) mass is 295 g/mol. The summed E-state index contributed by atoms with van der Waals surface area (Å²) >= 11 is 1.56. The van der Waals surface area contributed by atoms with Crippen molar-refractivity contribution in [3.63, 3.8) is 0 Å². The first-order valence-electron chi connectivity index (χ1n) is 5.80. The predicted molar refractivity (Wildman–Crippen MR) is 74.3 cm³/mol. The molecular formula is C11H13N5O3S. The number of methoxy groups -OCH3 is 1. The molecule has 0 atom stereocenters. The highest BCUT2D eigenvalue weighted by Crippen LogP contribution is 2.30. The summed E-state index contributed by atoms with van der Waals surface area (Å²) in [6.07, 6.45) is 1.89. The number of hydrogen-bond acceptors (Lipinski definition) is 8. The molecule has 0 spiro atoms. The second kappa shape index (κ2) is 6.24. The lowest BCUT2D eigenvalue weighted by Gasteiger charge is -2.06. The van der Waals surface area contributed by atoms with Gasteiger partial charge in [-0.2, -0.15) is 4.98 Å². The second-order valence-electron chi connectivity index (χ2n) is 3.90. The first-order chi connectivity index (χ1) is 9.61. The molecule has 8 nitrogen and oxygen atoms in total. The lowest BCUT2D eigenvalue weighted by molar-refractivity contribution is -0.385. The third-order valence-corrected chi connectivity index (χ3v) is 3.49. The van der Waals surface area contributed by atoms with Crippen molar-refractivity contribution in [2.75, 3.05) is 19.0 Å². The van der Waals surface area contributed by atoms with Crippen molar-refractivity contribution in [1.29, 1.82) is 0 Å². The molecule has 2 aromatic rings. The zero-order chi connectivity index (χ0) is 14.5. The number of ether oxygens (including phenoxy) is 1. The van der Waals surface area contributed by atoms with Crippen molar-refractivity contribution in [3.8, 4) is 5.88 Å². The fourth-order valence-electron chi connectivity index (χ4n) is 1.61. The second-order valence-corrected chi connectivity index (χ2v) is 4.84. The molecule has 0 aliphatic heterocycles. The number of rotatable bonds is 6. The maximum Gasteiger partial charge on any atom is 0.372 e. The molecular weight excluding hydrogens is 282 g/mol. The van der Waals surface area contributed by atoms with Gasteiger partial charge >= 0.3 is 5.69 Å². The van der Waals surface area contributed by atoms with Crippen LogP contribution in [0.15, 0.2) is 11.7 Å². The fourth-order valence-corrected chi connectivity index (χ4v) is 2.39. The highest BCUT2D eigenvalue weighted by molar-refractivity contribution is 7.09. The Morgan fingerprint density at radius 2 is 2.30 bits per heavy atom. The van der Waals surface area contributed by atoms with E-state index in [0.29, 0.717) is 13.0 Å². The summed E-state index contributed by atoms with van der Waals surface area (Å²) in [5.41, 5.74) is 0.713. The Labute approximate surface area is 119 Å². The minimum absolute atomic E-state index is 0.0578. The van der Waals surface area contributed by atoms with E-state index in [1.807, 2.05) is 12.3 Å². The van der Waals surface area contributed by atoms with E-state index >= 15 is 0 Å². The number of aromatic nitrogens is 3. The molecule has 0 bridgehead atoms. The molecule has 2 rings (SSSR count). The molecule has 0 fully saturated rings. The minimum Gasteiger partial charge on any atom is -0.476 e. The van der Waals surface area contributed by atoms with E-state index in [9.17, 15) is 10.1 Å². The molecule has 1 N–H and O–H groups in total. The van der Waals surface area contributed by atoms with Crippen molar-refractivity contribution in [2.45, 2.75) is 13.3 Å². The van der Waals surface area contributed by atoms with Gasteiger partial charge in [-0.25, -0.2) is 9.97 Å². The van der Waals surface area contributed by atoms with Gasteiger partial charge < -0.3 is 10.1 Å². The first-order valence-corrected chi connectivity index (χ1v) is 6.68. The summed E-state index contributed by atoms with van der Waals surface area (Å²) in [4.78, 5) is 22.4. The summed E-state index contributed by atoms with van der Waals surface area (Å²) in [6.45, 7) is 2.42. The van der Waals surface area contributed by atoms with Gasteiger partial charge in [-0.15, -0.1) is 11.3 Å². The molecule has 0 aromatic carbocycles. The summed E-state index contributed by atoms with van der Waals surface area (Å²) in [7, 11) is 1.33. The first kappa shape index (κ1) is 14.1. The Balaban J connectivity index is 2.07. The van der Waals surface area contributed by atoms with E-state index in [1.165, 1.54) is 13.4 Å². The van der Waals surface area contributed by atoms with Crippen LogP contribution in [-0.4, -0.2) is 33.5 Å². The van der Waals surface area contributed by atoms with Gasteiger partial charge in [0, 0.05) is 24.0 Å². The van der Waals surface area contributed by atoms with Crippen LogP contribution in [0.1, 0.15) is 10.7 Å². The Morgan fingerprint density at radius 3 is 2.90 bits per heavy atom. The van der Waals surface area contributed by atoms with Crippen LogP contribution in [0.3, 0.4) is 0 Å². The number of nitrogens with zero attached hydrogens (tertiary/aromatic N) is 4. The Morgan fingerprint density at radius 1 is 1.50 bits per heavy atom. The molecule has 0 unspecified atom stereocenters. The zero-order valence-electron chi connectivity index (χ0n) is 11.0. The van der Waals surface area contributed by atoms with E-state index < -0.39 is 4.92 Å². The quantitative estimate of drug-likeness (QED) is 0.640. The molecule has 0 radical (unpaired) electrons. The highest BCUT2D eigenvalue weighted by Gasteiger charge is 2.23. The number of aryl methyl sites for hydroxylation is 1. The van der Waals surface area contributed by atoms with Crippen LogP contribution < -0.4 is 10.1 Å². The van der Waals surface area contributed by atoms with Crippen LogP contribution in [0, 0.1) is 17.0 Å². The summed E-state index contributed by atoms with van der Waals surface area (Å²) in [5, 5.41) is 16.9. The SMILES string of the molecule is COc1ncnc(NCCc2nc(C)cs2)c1[N+](=O)[O-]. The number of hydrogen-bond donors (Lipinski definition) is 1. The van der Waals surface area contributed by atoms with Gasteiger partial charge in [0.15, 0.2) is 0 Å². The normalized spacial score (nSPS) is 10.3. The van der Waals surface area contributed by atoms with E-state index in [-0.39, 0.29) is 17.4 Å². The maximum absolute atomic E-state index is 11.0. The molecule has 9 heteroatoms. The van der Waals surface area contributed by atoms with Crippen molar-refractivity contribution in [1.82, 2.24) is 15.0 Å². The van der Waals surface area contributed by atoms with Crippen molar-refractivity contribution >= 4 is 22.8 Å². The van der Waals surface area contributed by atoms with E-state index in [0.717, 1.165) is 10.7 Å². The van der Waals surface area contributed by atoms with Gasteiger partial charge in [-0.1, -0.05) is 0 Å². The standard InChI is InChI=1S/C11H13N5O3S/c1-7-5-20-8(15-7)3-4-12-10-9(16(17)18)11(19-2)14-6-13-10/h5-6H,3-4H2,1-2H3,(H,12,13,14). The van der Waals surface area contributed by atoms with Crippen LogP contribution in [0.25, 0.3) is 0 Å². The van der Waals surface area contributed by atoms with Crippen LogP contribution in [0.2, 0.25) is 0 Å². The lowest BCUT2D eigenvalue weighted by Crippen LogP contribution is -2.10. The highest BCUT2D eigenvalue weighted by atomic mass is 32.1. The van der Waals surface area contributed by atoms with Crippen LogP contribution in [0.4, 0.5) is 11.5 Å². The van der Waals surface area contributed by atoms with Crippen molar-refractivity contribution in [2.24, 2.45) is 0 Å². The summed E-state index contributed by atoms with van der Waals surface area (Å²) in [6, 6.07) is 0. The molecule has 2 aromatic heterocycles. The van der Waals surface area contributed by atoms with Crippen LogP contribution in [0.5, 0.6) is 5.88 Å². The van der Waals surface area contributed by atoms with Gasteiger partial charge in [0.05, 0.1) is 17.0 Å². The molecule has 106 valence electrons. The largest absolute Gasteiger partial charge is 0.476 e. The molecule has 20 heavy (non-hydrogen) atoms. The molecule has 0 amide bonds. The third kappa shape index (κ3) is 3.18. The van der Waals surface area contributed by atoms with Crippen LogP contribution >= 0.6 is 11.3 Å². The van der Waals surface area contributed by atoms with Crippen molar-refractivity contribution in [3.05, 3.63) is 32.5 Å². The third-order valence-electron chi connectivity index (χ3n) is 2.46. The molecule has 0 aliphatic rings. The van der Waals surface area contributed by atoms with Gasteiger partial charge in [0.2, 0.25) is 5.82 Å². The summed E-state index contributed by atoms with van der Waals surface area (Å²) < 4.78 is 4.87. The van der Waals surface area contributed by atoms with E-state index in [4.69, 9.17) is 4.74 Å². The molecule has 0 aliphatic carbocycles. The number of nitrogens with one attached hydrogen (secondary N) is 1. The van der Waals surface area contributed by atoms with Gasteiger partial charge in [-0.3, -0.25) is 10.1 Å². The Bertz CT molecular complexity index is 616. The number of thiazole rings is 1. The molecule has 0 saturated carbocycles. The predicted octanol–water partition coefficient (Wildman–Crippen LogP) is 1.81. The number of nitro groups is 1. The maximum atomic E-state index is 11.0. The van der Waals surface area contributed by atoms with Crippen LogP contribution in [-0.2, 0) is 6.42 Å². The minimum atomic E-state index is -0.561. The lowest BCUT2D eigenvalue weighted by atomic mass is 10.4. The smallest absolute Gasteiger partial charge is 0.372 e. The van der Waals surface area contributed by atoms with Gasteiger partial charge in [-0.05, 0) is 6.92 Å². The summed E-state index contributed by atoms with van der Waals surface area (Å²) in [5.74, 6) is 0.0905. The van der Waals surface area contributed by atoms with E-state index in [2.05, 4.69) is 20.3 Å². The van der Waals surface area contributed by atoms with E-state index in [1.54, 1.807) is 11.3 Å². The van der Waals surface area contributed by atoms with Gasteiger partial charge in [0.25, 0.3) is 5.88 Å². The Kier molecular flexibility index (Phi) is 4.41. The molecule has 2 heterocycles. The fraction of sp³-hybridized carbons (Fsp3) is 0.364. The van der Waals surface area contributed by atoms with Gasteiger partial charge in [0.1, 0.15) is 6.33 Å². The topological polar surface area (TPSA) is 103 Å². The average Bonchev–Trinajstić information content (AvgIpc) is 2.83. The average molecular weight is 295 g/mol. The van der Waals surface area contributed by atoms with Crippen molar-refractivity contribution < 1.29 is 9.66 Å². The zero-order valence-corrected chi connectivity index (χ0v) is 11.8. The molecule has 0 saturated heterocycles.